The van der Waals surface area contributed by atoms with Crippen LogP contribution >= 0.6 is 0 Å². The number of hydrogen-bond acceptors (Lipinski definition) is 16. The first-order valence-corrected chi connectivity index (χ1v) is 32.4. The van der Waals surface area contributed by atoms with E-state index >= 15 is 17.6 Å². The number of halogens is 4. The molecule has 6 aromatic heterocycles. The van der Waals surface area contributed by atoms with Gasteiger partial charge in [0.25, 0.3) is 11.1 Å². The molecule has 4 N–H and O–H groups in total. The fourth-order valence-electron chi connectivity index (χ4n) is 11.7. The van der Waals surface area contributed by atoms with Crippen LogP contribution in [0.15, 0.2) is 180 Å². The van der Waals surface area contributed by atoms with Crippen LogP contribution in [0.5, 0.6) is 0 Å². The Morgan fingerprint density at radius 1 is 0.471 bits per heavy atom. The number of fused-ring (bicyclic) bond motifs is 2. The largest absolute Gasteiger partial charge is 0.462 e. The van der Waals surface area contributed by atoms with Gasteiger partial charge in [0.2, 0.25) is 11.6 Å². The summed E-state index contributed by atoms with van der Waals surface area (Å²) < 4.78 is 79.6. The average Bonchev–Trinajstić information content (AvgIpc) is 1.58. The molecule has 0 atom stereocenters. The maximum Gasteiger partial charge on any atom is 0.345 e. The Morgan fingerprint density at radius 3 is 1.21 bits per heavy atom. The third kappa shape index (κ3) is 16.0. The van der Waals surface area contributed by atoms with Crippen molar-refractivity contribution in [3.63, 3.8) is 0 Å². The van der Waals surface area contributed by atoms with Crippen LogP contribution in [0.3, 0.4) is 0 Å². The Labute approximate surface area is 579 Å². The molecule has 0 fully saturated rings. The topological polar surface area (TPSA) is 281 Å². The number of amides is 4. The van der Waals surface area contributed by atoms with E-state index in [0.717, 1.165) is 35.4 Å². The first kappa shape index (κ1) is 69.5. The number of hydrogen-bond donors (Lipinski definition) is 4. The number of rotatable bonds is 27. The number of aryl methyl sites for hydroxylation is 2. The summed E-state index contributed by atoms with van der Waals surface area (Å²) in [4.78, 5) is 95.6. The van der Waals surface area contributed by atoms with Gasteiger partial charge in [0, 0.05) is 72.2 Å². The number of nitrogens with one attached hydrogen (secondary N) is 4. The molecule has 26 nitrogen and oxygen atoms in total. The summed E-state index contributed by atoms with van der Waals surface area (Å²) in [5.41, 5.74) is 3.41. The van der Waals surface area contributed by atoms with Gasteiger partial charge in [-0.1, -0.05) is 107 Å². The molecule has 0 radical (unpaired) electrons. The molecule has 102 heavy (non-hydrogen) atoms. The molecule has 6 aromatic carbocycles. The SMILES string of the molecule is CCOC(=O)c1cn(Cc2c(F)cccc2F)c2nc(-c3ccc(NC(=O)NCc4cn(CCn5cc(CNC(=O)Nc6ccc(-c7nc8n(Cc9c(F)cccc9F)cc(C(=O)OCC)c(=O)n8c7CN(C)Cc7ccccc7)cc6)nn5)nn4)cc3)c(CN(C)Cc3ccccc3)n2c1=O. The van der Waals surface area contributed by atoms with E-state index in [9.17, 15) is 28.8 Å². The van der Waals surface area contributed by atoms with Gasteiger partial charge in [-0.15, -0.1) is 10.2 Å². The lowest BCUT2D eigenvalue weighted by Crippen LogP contribution is -2.29. The molecule has 0 saturated heterocycles. The van der Waals surface area contributed by atoms with E-state index in [2.05, 4.69) is 41.9 Å². The summed E-state index contributed by atoms with van der Waals surface area (Å²) in [6, 6.07) is 38.5. The maximum absolute atomic E-state index is 15.2. The van der Waals surface area contributed by atoms with Crippen molar-refractivity contribution in [3.05, 3.63) is 271 Å². The van der Waals surface area contributed by atoms with Gasteiger partial charge in [-0.3, -0.25) is 28.8 Å². The smallest absolute Gasteiger partial charge is 0.345 e. The maximum atomic E-state index is 15.2. The number of carbonyl (C=O) groups is 4. The minimum Gasteiger partial charge on any atom is -0.462 e. The fourth-order valence-corrected chi connectivity index (χ4v) is 11.7. The molecule has 0 aliphatic carbocycles. The number of ether oxygens (including phenoxy) is 2. The highest BCUT2D eigenvalue weighted by Crippen LogP contribution is 2.31. The molecule has 12 rings (SSSR count). The van der Waals surface area contributed by atoms with Crippen LogP contribution in [0, 0.1) is 23.3 Å². The predicted octanol–water partition coefficient (Wildman–Crippen LogP) is 9.44. The minimum atomic E-state index is -0.916. The lowest BCUT2D eigenvalue weighted by molar-refractivity contribution is 0.0513. The van der Waals surface area contributed by atoms with Crippen molar-refractivity contribution >= 4 is 46.9 Å². The van der Waals surface area contributed by atoms with Crippen molar-refractivity contribution in [2.45, 2.75) is 79.3 Å². The minimum absolute atomic E-state index is 0.0161. The molecule has 30 heteroatoms. The molecular formula is C72H68F4N18O8. The summed E-state index contributed by atoms with van der Waals surface area (Å²) in [6.45, 7) is 4.19. The molecule has 0 bridgehead atoms. The zero-order chi connectivity index (χ0) is 71.6. The lowest BCUT2D eigenvalue weighted by Gasteiger charge is -2.18. The number of urea groups is 2. The molecule has 0 aliphatic heterocycles. The van der Waals surface area contributed by atoms with Crippen molar-refractivity contribution in [1.29, 1.82) is 0 Å². The summed E-state index contributed by atoms with van der Waals surface area (Å²) >= 11 is 0. The molecule has 0 aliphatic rings. The summed E-state index contributed by atoms with van der Waals surface area (Å²) in [5, 5.41) is 27.9. The fraction of sp³-hybridized carbons (Fsp3) is 0.222. The highest BCUT2D eigenvalue weighted by molar-refractivity contribution is 5.91. The average molecular weight is 1390 g/mol. The number of esters is 2. The van der Waals surface area contributed by atoms with E-state index in [1.807, 2.05) is 84.6 Å². The van der Waals surface area contributed by atoms with E-state index < -0.39 is 71.5 Å². The molecule has 0 saturated carbocycles. The second-order valence-corrected chi connectivity index (χ2v) is 23.9. The highest BCUT2D eigenvalue weighted by Gasteiger charge is 2.28. The number of aromatic nitrogens is 12. The molecule has 4 amide bonds. The third-order valence-corrected chi connectivity index (χ3v) is 16.5. The zero-order valence-corrected chi connectivity index (χ0v) is 55.7. The Morgan fingerprint density at radius 2 is 0.843 bits per heavy atom. The summed E-state index contributed by atoms with van der Waals surface area (Å²) in [7, 11) is 3.72. The van der Waals surface area contributed by atoms with Gasteiger partial charge in [0.15, 0.2) is 0 Å². The van der Waals surface area contributed by atoms with Crippen LogP contribution in [0.2, 0.25) is 0 Å². The molecule has 0 unspecified atom stereocenters. The quantitative estimate of drug-likeness (QED) is 0.0275. The van der Waals surface area contributed by atoms with Gasteiger partial charge in [-0.25, -0.2) is 55.5 Å². The van der Waals surface area contributed by atoms with Crippen LogP contribution < -0.4 is 32.4 Å². The number of nitrogens with zero attached hydrogens (tertiary/aromatic N) is 14. The molecular weight excluding hydrogens is 1320 g/mol. The molecule has 522 valence electrons. The summed E-state index contributed by atoms with van der Waals surface area (Å²) in [6.07, 6.45) is 5.73. The van der Waals surface area contributed by atoms with Crippen molar-refractivity contribution in [2.75, 3.05) is 37.9 Å². The van der Waals surface area contributed by atoms with Crippen LogP contribution in [-0.2, 0) is 74.9 Å². The molecule has 0 spiro atoms. The van der Waals surface area contributed by atoms with E-state index in [-0.39, 0.29) is 73.2 Å². The Hall–Kier alpha value is -12.4. The second-order valence-electron chi connectivity index (χ2n) is 23.9. The van der Waals surface area contributed by atoms with Gasteiger partial charge in [-0.05, 0) is 87.6 Å². The first-order chi connectivity index (χ1) is 49.4. The standard InChI is InChI=1S/C72H68F4N18O8/c1-5-101-67(97)55-41-89(39-53-57(73)19-13-20-58(53)74)71-81-63(61(93(71)65(55)95)43-87(3)35-45-15-9-7-10-16-45)47-23-27-49(28-24-47)79-69(99)77-33-51-37-91(85-83-51)31-32-92-38-52(84-86-92)34-78-70(100)80-50-29-25-48(26-30-50)64-62(44-88(4)36-46-17-11-8-12-18-46)94-66(96)56(68(98)102-6-2)42-90(72(94)82-64)40-54-59(75)21-14-22-60(54)76/h7-30,37-38,41-42H,5-6,31-36,39-40,43-44H2,1-4H3,(H2,77,79,99)(H2,78,80,100). The molecule has 6 heterocycles. The van der Waals surface area contributed by atoms with E-state index in [1.165, 1.54) is 42.5 Å². The number of anilines is 2. The van der Waals surface area contributed by atoms with E-state index in [4.69, 9.17) is 19.4 Å². The molecule has 12 aromatic rings. The Kier molecular flexibility index (Phi) is 21.2. The van der Waals surface area contributed by atoms with E-state index in [0.29, 0.717) is 82.8 Å². The normalized spacial score (nSPS) is 11.4. The first-order valence-electron chi connectivity index (χ1n) is 32.4. The number of benzene rings is 6. The van der Waals surface area contributed by atoms with Gasteiger partial charge < -0.3 is 39.9 Å². The van der Waals surface area contributed by atoms with Gasteiger partial charge in [0.05, 0.1) is 87.7 Å². The van der Waals surface area contributed by atoms with Crippen LogP contribution in [0.4, 0.5) is 38.5 Å². The second kappa shape index (κ2) is 31.2. The highest BCUT2D eigenvalue weighted by atomic mass is 19.1. The lowest BCUT2D eigenvalue weighted by atomic mass is 10.1. The van der Waals surface area contributed by atoms with Crippen molar-refractivity contribution in [2.24, 2.45) is 0 Å². The van der Waals surface area contributed by atoms with Crippen LogP contribution in [-0.4, -0.2) is 119 Å². The Balaban J connectivity index is 0.666. The number of imidazole rings is 2. The van der Waals surface area contributed by atoms with Crippen LogP contribution in [0.25, 0.3) is 34.1 Å². The van der Waals surface area contributed by atoms with Gasteiger partial charge in [-0.2, -0.15) is 0 Å². The Bertz CT molecular complexity index is 4810. The van der Waals surface area contributed by atoms with Gasteiger partial charge in [0.1, 0.15) is 45.8 Å². The summed E-state index contributed by atoms with van der Waals surface area (Å²) in [5.74, 6) is -5.10. The number of carbonyl (C=O) groups excluding carboxylic acids is 4. The third-order valence-electron chi connectivity index (χ3n) is 16.5. The van der Waals surface area contributed by atoms with Crippen LogP contribution in [0.1, 0.15) is 79.6 Å². The van der Waals surface area contributed by atoms with E-state index in [1.54, 1.807) is 84.1 Å². The van der Waals surface area contributed by atoms with Crippen molar-refractivity contribution in [1.82, 2.24) is 78.3 Å². The monoisotopic (exact) mass is 1390 g/mol. The zero-order valence-electron chi connectivity index (χ0n) is 55.7. The van der Waals surface area contributed by atoms with Crippen molar-refractivity contribution in [3.8, 4) is 22.5 Å². The predicted molar refractivity (Wildman–Crippen MR) is 368 cm³/mol. The van der Waals surface area contributed by atoms with Gasteiger partial charge >= 0.3 is 24.0 Å². The van der Waals surface area contributed by atoms with Crippen molar-refractivity contribution < 1.29 is 46.2 Å².